The zero-order chi connectivity index (χ0) is 21.3. The first-order valence-electron chi connectivity index (χ1n) is 9.96. The van der Waals surface area contributed by atoms with Gasteiger partial charge in [-0.15, -0.1) is 0 Å². The van der Waals surface area contributed by atoms with Gasteiger partial charge in [0.25, 0.3) is 10.0 Å². The van der Waals surface area contributed by atoms with E-state index < -0.39 is 21.7 Å². The lowest BCUT2D eigenvalue weighted by molar-refractivity contribution is -0.132. The largest absolute Gasteiger partial charge is 0.342 e. The Bertz CT molecular complexity index is 1130. The molecule has 2 aliphatic heterocycles. The van der Waals surface area contributed by atoms with E-state index >= 15 is 0 Å². The third-order valence-corrected chi connectivity index (χ3v) is 6.88. The highest BCUT2D eigenvalue weighted by Crippen LogP contribution is 2.30. The first kappa shape index (κ1) is 20.3. The number of para-hydroxylation sites is 1. The fourth-order valence-electron chi connectivity index (χ4n) is 3.76. The second-order valence-corrected chi connectivity index (χ2v) is 9.29. The summed E-state index contributed by atoms with van der Waals surface area (Å²) in [5.74, 6) is -1.68. The smallest absolute Gasteiger partial charge is 0.261 e. The third kappa shape index (κ3) is 3.87. The molecule has 4 rings (SSSR count). The Morgan fingerprint density at radius 3 is 2.57 bits per heavy atom. The quantitative estimate of drug-likeness (QED) is 0.760. The number of likely N-dealkylation sites (tertiary alicyclic amines) is 1. The van der Waals surface area contributed by atoms with Crippen LogP contribution >= 0.6 is 0 Å². The summed E-state index contributed by atoms with van der Waals surface area (Å²) in [5.41, 5.74) is 1.78. The summed E-state index contributed by atoms with van der Waals surface area (Å²) in [5, 5.41) is 0. The summed E-state index contributed by atoms with van der Waals surface area (Å²) in [4.78, 5) is 31.8. The van der Waals surface area contributed by atoms with E-state index in [0.717, 1.165) is 24.8 Å². The minimum Gasteiger partial charge on any atom is -0.342 e. The number of ketones is 1. The Morgan fingerprint density at radius 1 is 1.10 bits per heavy atom. The Labute approximate surface area is 175 Å². The second-order valence-electron chi connectivity index (χ2n) is 7.61. The van der Waals surface area contributed by atoms with Gasteiger partial charge in [-0.1, -0.05) is 18.2 Å². The molecule has 2 heterocycles. The molecular formula is C22H23N3O4S. The number of rotatable bonds is 4. The molecule has 2 aromatic carbocycles. The maximum atomic E-state index is 13.0. The fourth-order valence-corrected chi connectivity index (χ4v) is 4.92. The summed E-state index contributed by atoms with van der Waals surface area (Å²) in [6.07, 6.45) is 4.30. The summed E-state index contributed by atoms with van der Waals surface area (Å²) in [6.45, 7) is 3.08. The molecule has 0 bridgehead atoms. The summed E-state index contributed by atoms with van der Waals surface area (Å²) >= 11 is 0. The van der Waals surface area contributed by atoms with E-state index in [1.54, 1.807) is 30.0 Å². The number of Topliss-reactive ketones (excluding diaryl/α,β-unsaturated/α-hetero) is 1. The molecule has 1 atom stereocenters. The van der Waals surface area contributed by atoms with Crippen LogP contribution in [-0.2, 0) is 14.8 Å². The highest BCUT2D eigenvalue weighted by molar-refractivity contribution is 7.92. The van der Waals surface area contributed by atoms with Gasteiger partial charge in [0.05, 0.1) is 16.3 Å². The van der Waals surface area contributed by atoms with Gasteiger partial charge in [-0.05, 0) is 56.0 Å². The fraction of sp³-hybridized carbons (Fsp3) is 0.318. The number of carbonyl (C=O) groups excluding carboxylic acids is 2. The molecule has 1 saturated heterocycles. The Balaban J connectivity index is 1.61. The number of carbonyl (C=O) groups is 2. The van der Waals surface area contributed by atoms with Gasteiger partial charge in [0.15, 0.2) is 5.78 Å². The molecule has 0 aliphatic carbocycles. The molecule has 1 amide bonds. The van der Waals surface area contributed by atoms with Gasteiger partial charge in [0, 0.05) is 24.9 Å². The number of benzene rings is 2. The van der Waals surface area contributed by atoms with Gasteiger partial charge in [-0.25, -0.2) is 8.42 Å². The van der Waals surface area contributed by atoms with Crippen molar-refractivity contribution in [2.45, 2.75) is 31.1 Å². The molecule has 0 saturated carbocycles. The lowest BCUT2D eigenvalue weighted by Crippen LogP contribution is -2.43. The average molecular weight is 426 g/mol. The standard InChI is InChI=1S/C22H23N3O4S/c1-15-7-3-4-8-19(15)24-30(28,29)16-9-10-20-17(13-16)21(26)18(14-23-20)22(27)25-11-5-2-6-12-25/h3-4,7-10,13-14,18,24H,2,5-6,11-12H2,1H3. The number of hydrogen-bond donors (Lipinski definition) is 1. The molecule has 1 N–H and O–H groups in total. The van der Waals surface area contributed by atoms with E-state index in [9.17, 15) is 18.0 Å². The number of anilines is 1. The van der Waals surface area contributed by atoms with Crippen molar-refractivity contribution in [3.63, 3.8) is 0 Å². The number of fused-ring (bicyclic) bond motifs is 1. The maximum absolute atomic E-state index is 13.0. The van der Waals surface area contributed by atoms with Crippen molar-refractivity contribution in [3.05, 3.63) is 53.6 Å². The molecule has 2 aliphatic rings. The SMILES string of the molecule is Cc1ccccc1NS(=O)(=O)c1ccc2c(c1)C(=O)C(C(=O)N1CCCCC1)C=N2. The Kier molecular flexibility index (Phi) is 5.42. The zero-order valence-corrected chi connectivity index (χ0v) is 17.5. The number of amides is 1. The van der Waals surface area contributed by atoms with Crippen molar-refractivity contribution >= 4 is 39.3 Å². The highest BCUT2D eigenvalue weighted by Gasteiger charge is 2.35. The lowest BCUT2D eigenvalue weighted by Gasteiger charge is -2.29. The van der Waals surface area contributed by atoms with E-state index in [1.807, 2.05) is 6.07 Å². The molecule has 0 spiro atoms. The van der Waals surface area contributed by atoms with Gasteiger partial charge in [0.2, 0.25) is 5.91 Å². The molecule has 1 unspecified atom stereocenters. The predicted octanol–water partition coefficient (Wildman–Crippen LogP) is 3.32. The number of aryl methyl sites for hydroxylation is 1. The monoisotopic (exact) mass is 425 g/mol. The number of nitrogens with one attached hydrogen (secondary N) is 1. The van der Waals surface area contributed by atoms with Crippen LogP contribution in [0.5, 0.6) is 0 Å². The van der Waals surface area contributed by atoms with Crippen molar-refractivity contribution in [2.24, 2.45) is 10.9 Å². The van der Waals surface area contributed by atoms with Gasteiger partial charge >= 0.3 is 0 Å². The van der Waals surface area contributed by atoms with Gasteiger partial charge < -0.3 is 4.90 Å². The molecule has 0 radical (unpaired) electrons. The normalized spacial score (nSPS) is 18.8. The number of piperidine rings is 1. The van der Waals surface area contributed by atoms with Crippen molar-refractivity contribution in [1.29, 1.82) is 0 Å². The number of nitrogens with zero attached hydrogens (tertiary/aromatic N) is 2. The van der Waals surface area contributed by atoms with Crippen LogP contribution in [0.2, 0.25) is 0 Å². The molecule has 0 aromatic heterocycles. The van der Waals surface area contributed by atoms with Crippen LogP contribution in [0.15, 0.2) is 52.4 Å². The van der Waals surface area contributed by atoms with Crippen LogP contribution in [0, 0.1) is 12.8 Å². The highest BCUT2D eigenvalue weighted by atomic mass is 32.2. The average Bonchev–Trinajstić information content (AvgIpc) is 2.75. The van der Waals surface area contributed by atoms with Gasteiger partial charge in [-0.2, -0.15) is 0 Å². The zero-order valence-electron chi connectivity index (χ0n) is 16.7. The van der Waals surface area contributed by atoms with Crippen LogP contribution in [0.4, 0.5) is 11.4 Å². The predicted molar refractivity (Wildman–Crippen MR) is 115 cm³/mol. The van der Waals surface area contributed by atoms with Gasteiger partial charge in [-0.3, -0.25) is 19.3 Å². The minimum absolute atomic E-state index is 0.0425. The lowest BCUT2D eigenvalue weighted by atomic mass is 9.93. The molecule has 156 valence electrons. The van der Waals surface area contributed by atoms with E-state index in [2.05, 4.69) is 9.71 Å². The summed E-state index contributed by atoms with van der Waals surface area (Å²) in [7, 11) is -3.90. The van der Waals surface area contributed by atoms with Gasteiger partial charge in [0.1, 0.15) is 5.92 Å². The Morgan fingerprint density at radius 2 is 1.83 bits per heavy atom. The van der Waals surface area contributed by atoms with E-state index in [-0.39, 0.29) is 16.4 Å². The van der Waals surface area contributed by atoms with E-state index in [0.29, 0.717) is 24.5 Å². The Hall–Kier alpha value is -3.00. The van der Waals surface area contributed by atoms with Crippen LogP contribution in [0.3, 0.4) is 0 Å². The number of aliphatic imine (C=N–C) groups is 1. The van der Waals surface area contributed by atoms with Crippen LogP contribution in [-0.4, -0.2) is 44.3 Å². The first-order valence-corrected chi connectivity index (χ1v) is 11.4. The third-order valence-electron chi connectivity index (χ3n) is 5.51. The van der Waals surface area contributed by atoms with E-state index in [4.69, 9.17) is 0 Å². The van der Waals surface area contributed by atoms with Crippen LogP contribution < -0.4 is 4.72 Å². The topological polar surface area (TPSA) is 95.9 Å². The van der Waals surface area contributed by atoms with Crippen molar-refractivity contribution < 1.29 is 18.0 Å². The number of sulfonamides is 1. The summed E-state index contributed by atoms with van der Waals surface area (Å²) < 4.78 is 28.3. The molecule has 7 nitrogen and oxygen atoms in total. The van der Waals surface area contributed by atoms with Crippen molar-refractivity contribution in [3.8, 4) is 0 Å². The van der Waals surface area contributed by atoms with Crippen LogP contribution in [0.25, 0.3) is 0 Å². The molecule has 2 aromatic rings. The van der Waals surface area contributed by atoms with E-state index in [1.165, 1.54) is 24.4 Å². The minimum atomic E-state index is -3.90. The van der Waals surface area contributed by atoms with Crippen molar-refractivity contribution in [1.82, 2.24) is 4.90 Å². The first-order chi connectivity index (χ1) is 14.4. The van der Waals surface area contributed by atoms with Crippen molar-refractivity contribution in [2.75, 3.05) is 17.8 Å². The number of hydrogen-bond acceptors (Lipinski definition) is 5. The van der Waals surface area contributed by atoms with Crippen LogP contribution in [0.1, 0.15) is 35.2 Å². The molecule has 30 heavy (non-hydrogen) atoms. The molecule has 8 heteroatoms. The maximum Gasteiger partial charge on any atom is 0.261 e. The summed E-state index contributed by atoms with van der Waals surface area (Å²) in [6, 6.07) is 11.3. The molecule has 1 fully saturated rings. The second kappa shape index (κ2) is 8.02. The molecular weight excluding hydrogens is 402 g/mol.